The Morgan fingerprint density at radius 2 is 1.86 bits per heavy atom. The van der Waals surface area contributed by atoms with Gasteiger partial charge in [-0.15, -0.1) is 0 Å². The lowest BCUT2D eigenvalue weighted by Gasteiger charge is -2.32. The first-order valence-corrected chi connectivity index (χ1v) is 19.0. The summed E-state index contributed by atoms with van der Waals surface area (Å²) in [6.07, 6.45) is 7.18. The molecule has 2 N–H and O–H groups in total. The van der Waals surface area contributed by atoms with E-state index in [1.54, 1.807) is 48.3 Å². The molecule has 15 heteroatoms. The number of aromatic nitrogens is 6. The number of nitrogens with zero attached hydrogens (tertiary/aromatic N) is 8. The van der Waals surface area contributed by atoms with E-state index in [2.05, 4.69) is 56.1 Å². The molecular weight excluding hydrogens is 725 g/mol. The quantitative estimate of drug-likeness (QED) is 0.164. The zero-order valence-corrected chi connectivity index (χ0v) is 32.0. The number of imide groups is 1. The first-order chi connectivity index (χ1) is 27.6. The average molecular weight is 765 g/mol. The number of carbonyl (C=O) groups excluding carboxylic acids is 3. The van der Waals surface area contributed by atoms with Crippen LogP contribution in [0.2, 0.25) is 0 Å². The molecule has 288 valence electrons. The molecule has 1 unspecified atom stereocenters. The second kappa shape index (κ2) is 15.3. The van der Waals surface area contributed by atoms with Crippen molar-refractivity contribution in [3.63, 3.8) is 0 Å². The Morgan fingerprint density at radius 3 is 2.63 bits per heavy atom. The van der Waals surface area contributed by atoms with E-state index in [-0.39, 0.29) is 36.0 Å². The summed E-state index contributed by atoms with van der Waals surface area (Å²) in [5.74, 6) is 6.61. The van der Waals surface area contributed by atoms with Crippen LogP contribution in [-0.4, -0.2) is 73.4 Å². The van der Waals surface area contributed by atoms with E-state index < -0.39 is 11.8 Å². The smallest absolute Gasteiger partial charge is 0.270 e. The molecule has 0 aliphatic carbocycles. The molecule has 6 aromatic rings. The number of nitrogens with one attached hydrogen (secondary N) is 2. The summed E-state index contributed by atoms with van der Waals surface area (Å²) in [6.45, 7) is 8.32. The lowest BCUT2D eigenvalue weighted by atomic mass is 9.92. The average Bonchev–Trinajstić information content (AvgIpc) is 3.65. The van der Waals surface area contributed by atoms with Gasteiger partial charge in [-0.25, -0.2) is 15.0 Å². The van der Waals surface area contributed by atoms with Crippen molar-refractivity contribution in [2.45, 2.75) is 52.4 Å². The molecule has 1 fully saturated rings. The van der Waals surface area contributed by atoms with Crippen molar-refractivity contribution in [3.05, 3.63) is 93.7 Å². The molecule has 15 nitrogen and oxygen atoms in total. The molecule has 57 heavy (non-hydrogen) atoms. The van der Waals surface area contributed by atoms with Gasteiger partial charge in [0, 0.05) is 79.5 Å². The van der Waals surface area contributed by atoms with E-state index in [9.17, 15) is 19.2 Å². The van der Waals surface area contributed by atoms with E-state index in [0.29, 0.717) is 45.8 Å². The second-order valence-electron chi connectivity index (χ2n) is 14.0. The van der Waals surface area contributed by atoms with Crippen molar-refractivity contribution in [3.8, 4) is 23.2 Å². The van der Waals surface area contributed by atoms with Crippen LogP contribution in [0.1, 0.15) is 72.2 Å². The third-order valence-electron chi connectivity index (χ3n) is 10.5. The molecule has 6 aromatic heterocycles. The van der Waals surface area contributed by atoms with E-state index in [1.165, 1.54) is 0 Å². The fourth-order valence-corrected chi connectivity index (χ4v) is 7.49. The van der Waals surface area contributed by atoms with Crippen LogP contribution in [0.15, 0.2) is 64.2 Å². The molecule has 2 aliphatic rings. The van der Waals surface area contributed by atoms with Gasteiger partial charge in [0.05, 0.1) is 41.3 Å². The lowest BCUT2D eigenvalue weighted by Crippen LogP contribution is -2.39. The number of anilines is 3. The van der Waals surface area contributed by atoms with Crippen LogP contribution in [0.25, 0.3) is 33.3 Å². The van der Waals surface area contributed by atoms with E-state index in [1.807, 2.05) is 25.3 Å². The highest BCUT2D eigenvalue weighted by atomic mass is 16.3. The van der Waals surface area contributed by atoms with Gasteiger partial charge < -0.3 is 24.1 Å². The summed E-state index contributed by atoms with van der Waals surface area (Å²) in [5.41, 5.74) is 5.11. The van der Waals surface area contributed by atoms with Crippen molar-refractivity contribution in [2.24, 2.45) is 7.05 Å². The Hall–Kier alpha value is -6.95. The van der Waals surface area contributed by atoms with Gasteiger partial charge in [0.2, 0.25) is 11.8 Å². The van der Waals surface area contributed by atoms with Crippen molar-refractivity contribution in [1.82, 2.24) is 40.1 Å². The Morgan fingerprint density at radius 1 is 1.02 bits per heavy atom. The predicted molar refractivity (Wildman–Crippen MR) is 214 cm³/mol. The van der Waals surface area contributed by atoms with Crippen molar-refractivity contribution < 1.29 is 18.8 Å². The van der Waals surface area contributed by atoms with E-state index in [4.69, 9.17) is 19.4 Å². The van der Waals surface area contributed by atoms with Gasteiger partial charge in [-0.3, -0.25) is 34.5 Å². The monoisotopic (exact) mass is 764 g/mol. The van der Waals surface area contributed by atoms with Crippen molar-refractivity contribution in [1.29, 1.82) is 0 Å². The lowest BCUT2D eigenvalue weighted by molar-refractivity contribution is -0.134. The Bertz CT molecular complexity index is 2710. The SMILES string of the molecule is CCN(CC)c1cc2c(cc(C)c(=O)n2C)c(N2CCCc3nc(-c4ccc(C(=O)NCC#Cc5cc6c(C7CCC(=O)NC7=O)nccc6o5)nc4)ncc32)n1. The first-order valence-electron chi connectivity index (χ1n) is 19.0. The summed E-state index contributed by atoms with van der Waals surface area (Å²) in [5, 5.41) is 6.67. The minimum atomic E-state index is -0.555. The van der Waals surface area contributed by atoms with Crippen LogP contribution in [0.3, 0.4) is 0 Å². The van der Waals surface area contributed by atoms with Crippen LogP contribution in [0.4, 0.5) is 17.3 Å². The maximum Gasteiger partial charge on any atom is 0.270 e. The van der Waals surface area contributed by atoms with E-state index in [0.717, 1.165) is 66.4 Å². The maximum atomic E-state index is 13.0. The molecule has 0 saturated carbocycles. The number of piperidine rings is 1. The zero-order chi connectivity index (χ0) is 39.8. The summed E-state index contributed by atoms with van der Waals surface area (Å²) in [4.78, 5) is 77.9. The molecule has 0 aromatic carbocycles. The number of aryl methyl sites for hydroxylation is 3. The van der Waals surface area contributed by atoms with Gasteiger partial charge in [0.1, 0.15) is 22.9 Å². The number of rotatable bonds is 8. The number of amides is 3. The molecule has 0 radical (unpaired) electrons. The number of hydrogen-bond donors (Lipinski definition) is 2. The van der Waals surface area contributed by atoms with Crippen LogP contribution in [0, 0.1) is 18.8 Å². The van der Waals surface area contributed by atoms with Crippen LogP contribution < -0.4 is 26.0 Å². The van der Waals surface area contributed by atoms with Gasteiger partial charge in [0.25, 0.3) is 11.5 Å². The van der Waals surface area contributed by atoms with E-state index >= 15 is 0 Å². The number of carbonyl (C=O) groups is 3. The molecule has 2 aliphatic heterocycles. The van der Waals surface area contributed by atoms with Gasteiger partial charge in [-0.05, 0) is 70.2 Å². The zero-order valence-electron chi connectivity index (χ0n) is 32.0. The predicted octanol–water partition coefficient (Wildman–Crippen LogP) is 4.47. The van der Waals surface area contributed by atoms with Crippen LogP contribution in [-0.2, 0) is 23.1 Å². The topological polar surface area (TPSA) is 181 Å². The first kappa shape index (κ1) is 37.0. The van der Waals surface area contributed by atoms with Gasteiger partial charge in [-0.1, -0.05) is 5.92 Å². The molecular formula is C42H40N10O5. The van der Waals surface area contributed by atoms with Gasteiger partial charge in [0.15, 0.2) is 11.6 Å². The minimum absolute atomic E-state index is 0.0373. The highest BCUT2D eigenvalue weighted by molar-refractivity contribution is 6.02. The number of hydrogen-bond acceptors (Lipinski definition) is 12. The molecule has 0 spiro atoms. The minimum Gasteiger partial charge on any atom is -0.448 e. The summed E-state index contributed by atoms with van der Waals surface area (Å²) >= 11 is 0. The molecule has 1 atom stereocenters. The molecule has 3 amide bonds. The summed E-state index contributed by atoms with van der Waals surface area (Å²) in [6, 6.07) is 10.7. The Balaban J connectivity index is 0.972. The number of furan rings is 1. The van der Waals surface area contributed by atoms with Crippen molar-refractivity contribution >= 4 is 56.9 Å². The fourth-order valence-electron chi connectivity index (χ4n) is 7.49. The largest absolute Gasteiger partial charge is 0.448 e. The third-order valence-corrected chi connectivity index (χ3v) is 10.5. The van der Waals surface area contributed by atoms with Crippen molar-refractivity contribution in [2.75, 3.05) is 36.0 Å². The Kier molecular flexibility index (Phi) is 9.93. The highest BCUT2D eigenvalue weighted by Crippen LogP contribution is 2.38. The second-order valence-corrected chi connectivity index (χ2v) is 14.0. The third kappa shape index (κ3) is 7.06. The molecule has 1 saturated heterocycles. The molecule has 8 rings (SSSR count). The van der Waals surface area contributed by atoms with Gasteiger partial charge in [-0.2, -0.15) is 0 Å². The number of fused-ring (bicyclic) bond motifs is 3. The molecule has 0 bridgehead atoms. The highest BCUT2D eigenvalue weighted by Gasteiger charge is 2.31. The Labute approximate surface area is 327 Å². The fraction of sp³-hybridized carbons (Fsp3) is 0.310. The number of pyridine rings is 4. The summed E-state index contributed by atoms with van der Waals surface area (Å²) < 4.78 is 7.54. The summed E-state index contributed by atoms with van der Waals surface area (Å²) in [7, 11) is 1.80. The normalized spacial score (nSPS) is 15.2. The van der Waals surface area contributed by atoms with Crippen LogP contribution >= 0.6 is 0 Å². The van der Waals surface area contributed by atoms with Gasteiger partial charge >= 0.3 is 0 Å². The van der Waals surface area contributed by atoms with Crippen LogP contribution in [0.5, 0.6) is 0 Å². The molecule has 8 heterocycles. The standard InChI is InChI=1S/C42H40N10O5/c1-5-51(6-2)35-21-32-28(19-24(3)42(56)50(32)4)39(48-35)52-18-8-10-30-33(52)23-46-38(47-30)25-11-13-31(45-22-25)41(55)44-16-7-9-26-20-29-34(57-26)15-17-43-37(29)27-12-14-36(53)49-40(27)54/h11,13,15,17,19-23,27H,5-6,8,10,12,14,16,18H2,1-4H3,(H,44,55)(H,49,53,54). The maximum absolute atomic E-state index is 13.0.